The quantitative estimate of drug-likeness (QED) is 0.676. The van der Waals surface area contributed by atoms with E-state index in [1.807, 2.05) is 6.92 Å². The molecule has 0 radical (unpaired) electrons. The molecule has 0 amide bonds. The van der Waals surface area contributed by atoms with Crippen LogP contribution in [0.4, 0.5) is 0 Å². The lowest BCUT2D eigenvalue weighted by Gasteiger charge is -2.42. The van der Waals surface area contributed by atoms with E-state index in [9.17, 15) is 0 Å². The average molecular weight is 203 g/mol. The molecular weight excluding hydrogens is 182 g/mol. The van der Waals surface area contributed by atoms with Crippen molar-refractivity contribution in [3.8, 4) is 0 Å². The second-order valence-corrected chi connectivity index (χ2v) is 3.97. The van der Waals surface area contributed by atoms with Crippen molar-refractivity contribution in [2.24, 2.45) is 0 Å². The molecule has 1 aliphatic heterocycles. The SMILES string of the molecule is CO[C@@H]1C[C@H](N(C)C)[C@@H](OC)[C@@H](C)O1. The molecule has 1 saturated heterocycles. The highest BCUT2D eigenvalue weighted by Gasteiger charge is 2.37. The van der Waals surface area contributed by atoms with Crippen LogP contribution in [0.25, 0.3) is 0 Å². The molecule has 1 heterocycles. The Hall–Kier alpha value is -0.160. The second kappa shape index (κ2) is 5.07. The van der Waals surface area contributed by atoms with E-state index in [4.69, 9.17) is 14.2 Å². The maximum Gasteiger partial charge on any atom is 0.159 e. The van der Waals surface area contributed by atoms with Crippen molar-refractivity contribution in [3.05, 3.63) is 0 Å². The van der Waals surface area contributed by atoms with Gasteiger partial charge in [0.15, 0.2) is 6.29 Å². The lowest BCUT2D eigenvalue weighted by atomic mass is 9.98. The minimum atomic E-state index is -0.108. The molecule has 1 aliphatic rings. The van der Waals surface area contributed by atoms with Crippen molar-refractivity contribution in [1.82, 2.24) is 4.90 Å². The van der Waals surface area contributed by atoms with E-state index in [-0.39, 0.29) is 18.5 Å². The standard InChI is InChI=1S/C10H21NO3/c1-7-10(13-5)8(11(2)3)6-9(12-4)14-7/h7-10H,6H2,1-5H3/t7-,8+,9+,10+/m1/s1. The van der Waals surface area contributed by atoms with E-state index in [2.05, 4.69) is 19.0 Å². The third-order valence-electron chi connectivity index (χ3n) is 2.84. The second-order valence-electron chi connectivity index (χ2n) is 3.97. The van der Waals surface area contributed by atoms with E-state index in [1.165, 1.54) is 0 Å². The summed E-state index contributed by atoms with van der Waals surface area (Å²) in [6.07, 6.45) is 0.943. The van der Waals surface area contributed by atoms with Gasteiger partial charge in [-0.05, 0) is 21.0 Å². The van der Waals surface area contributed by atoms with Gasteiger partial charge in [0.2, 0.25) is 0 Å². The Morgan fingerprint density at radius 3 is 2.29 bits per heavy atom. The van der Waals surface area contributed by atoms with Crippen molar-refractivity contribution >= 4 is 0 Å². The molecule has 0 aliphatic carbocycles. The van der Waals surface area contributed by atoms with Gasteiger partial charge in [-0.3, -0.25) is 0 Å². The average Bonchev–Trinajstić information content (AvgIpc) is 2.16. The number of methoxy groups -OCH3 is 2. The van der Waals surface area contributed by atoms with E-state index in [1.54, 1.807) is 14.2 Å². The first-order chi connectivity index (χ1) is 6.60. The third-order valence-corrected chi connectivity index (χ3v) is 2.84. The fourth-order valence-corrected chi connectivity index (χ4v) is 2.02. The lowest BCUT2D eigenvalue weighted by Crippen LogP contribution is -2.54. The van der Waals surface area contributed by atoms with Crippen LogP contribution in [0.1, 0.15) is 13.3 Å². The van der Waals surface area contributed by atoms with Gasteiger partial charge in [-0.15, -0.1) is 0 Å². The number of hydrogen-bond acceptors (Lipinski definition) is 4. The Kier molecular flexibility index (Phi) is 4.31. The topological polar surface area (TPSA) is 30.9 Å². The van der Waals surface area contributed by atoms with Gasteiger partial charge in [-0.1, -0.05) is 0 Å². The Morgan fingerprint density at radius 1 is 1.21 bits per heavy atom. The van der Waals surface area contributed by atoms with Crippen LogP contribution in [-0.4, -0.2) is 57.8 Å². The molecule has 0 aromatic carbocycles. The molecule has 1 fully saturated rings. The third kappa shape index (κ3) is 2.45. The molecule has 0 unspecified atom stereocenters. The molecule has 0 spiro atoms. The van der Waals surface area contributed by atoms with Crippen LogP contribution in [0.3, 0.4) is 0 Å². The van der Waals surface area contributed by atoms with Crippen LogP contribution < -0.4 is 0 Å². The zero-order chi connectivity index (χ0) is 10.7. The Morgan fingerprint density at radius 2 is 1.86 bits per heavy atom. The number of ether oxygens (including phenoxy) is 3. The monoisotopic (exact) mass is 203 g/mol. The fourth-order valence-electron chi connectivity index (χ4n) is 2.02. The van der Waals surface area contributed by atoms with Gasteiger partial charge in [0, 0.05) is 26.7 Å². The summed E-state index contributed by atoms with van der Waals surface area (Å²) in [5, 5.41) is 0. The highest BCUT2D eigenvalue weighted by atomic mass is 16.7. The molecular formula is C10H21NO3. The minimum Gasteiger partial charge on any atom is -0.377 e. The molecule has 0 aromatic heterocycles. The Balaban J connectivity index is 2.66. The maximum absolute atomic E-state index is 5.65. The van der Waals surface area contributed by atoms with Gasteiger partial charge in [0.1, 0.15) is 0 Å². The zero-order valence-corrected chi connectivity index (χ0v) is 9.69. The molecule has 14 heavy (non-hydrogen) atoms. The Bertz CT molecular complexity index is 175. The summed E-state index contributed by atoms with van der Waals surface area (Å²) in [5.74, 6) is 0. The Labute approximate surface area is 86.1 Å². The van der Waals surface area contributed by atoms with Crippen molar-refractivity contribution in [1.29, 1.82) is 0 Å². The molecule has 4 atom stereocenters. The summed E-state index contributed by atoms with van der Waals surface area (Å²) in [7, 11) is 7.52. The van der Waals surface area contributed by atoms with E-state index in [0.717, 1.165) is 6.42 Å². The summed E-state index contributed by atoms with van der Waals surface area (Å²) in [4.78, 5) is 2.17. The smallest absolute Gasteiger partial charge is 0.159 e. The first-order valence-corrected chi connectivity index (χ1v) is 4.97. The lowest BCUT2D eigenvalue weighted by molar-refractivity contribution is -0.229. The fraction of sp³-hybridized carbons (Fsp3) is 1.00. The molecule has 84 valence electrons. The molecule has 0 saturated carbocycles. The van der Waals surface area contributed by atoms with Crippen LogP contribution in [0.2, 0.25) is 0 Å². The van der Waals surface area contributed by atoms with E-state index < -0.39 is 0 Å². The van der Waals surface area contributed by atoms with Crippen molar-refractivity contribution in [2.75, 3.05) is 28.3 Å². The predicted octanol–water partition coefficient (Wildman–Crippen LogP) is 0.713. The normalized spacial score (nSPS) is 39.0. The van der Waals surface area contributed by atoms with Crippen LogP contribution in [0.5, 0.6) is 0 Å². The van der Waals surface area contributed by atoms with Gasteiger partial charge >= 0.3 is 0 Å². The maximum atomic E-state index is 5.65. The summed E-state index contributed by atoms with van der Waals surface area (Å²) in [6, 6.07) is 0.355. The van der Waals surface area contributed by atoms with E-state index in [0.29, 0.717) is 6.04 Å². The van der Waals surface area contributed by atoms with Crippen molar-refractivity contribution in [2.45, 2.75) is 37.9 Å². The van der Waals surface area contributed by atoms with Crippen LogP contribution in [0, 0.1) is 0 Å². The highest BCUT2D eigenvalue weighted by Crippen LogP contribution is 2.25. The summed E-state index contributed by atoms with van der Waals surface area (Å²) in [6.45, 7) is 2.02. The molecule has 0 bridgehead atoms. The van der Waals surface area contributed by atoms with Crippen molar-refractivity contribution < 1.29 is 14.2 Å². The molecule has 0 aromatic rings. The number of rotatable bonds is 3. The van der Waals surface area contributed by atoms with Gasteiger partial charge in [-0.25, -0.2) is 0 Å². The molecule has 4 heteroatoms. The number of hydrogen-bond donors (Lipinski definition) is 0. The van der Waals surface area contributed by atoms with Gasteiger partial charge < -0.3 is 19.1 Å². The van der Waals surface area contributed by atoms with Crippen LogP contribution in [-0.2, 0) is 14.2 Å². The summed E-state index contributed by atoms with van der Waals surface area (Å²) >= 11 is 0. The highest BCUT2D eigenvalue weighted by molar-refractivity contribution is 4.86. The number of likely N-dealkylation sites (N-methyl/N-ethyl adjacent to an activating group) is 1. The molecule has 4 nitrogen and oxygen atoms in total. The number of nitrogens with zero attached hydrogens (tertiary/aromatic N) is 1. The van der Waals surface area contributed by atoms with Crippen molar-refractivity contribution in [3.63, 3.8) is 0 Å². The molecule has 0 N–H and O–H groups in total. The zero-order valence-electron chi connectivity index (χ0n) is 9.69. The van der Waals surface area contributed by atoms with Gasteiger partial charge in [0.05, 0.1) is 12.2 Å². The van der Waals surface area contributed by atoms with E-state index >= 15 is 0 Å². The molecule has 1 rings (SSSR count). The summed E-state index contributed by atoms with van der Waals surface area (Å²) < 4.78 is 16.3. The van der Waals surface area contributed by atoms with Gasteiger partial charge in [0.25, 0.3) is 0 Å². The van der Waals surface area contributed by atoms with Gasteiger partial charge in [-0.2, -0.15) is 0 Å². The predicted molar refractivity (Wildman–Crippen MR) is 54.2 cm³/mol. The van der Waals surface area contributed by atoms with Crippen LogP contribution >= 0.6 is 0 Å². The summed E-state index contributed by atoms with van der Waals surface area (Å²) in [5.41, 5.74) is 0. The first kappa shape index (κ1) is 11.9. The first-order valence-electron chi connectivity index (χ1n) is 4.97. The largest absolute Gasteiger partial charge is 0.377 e. The van der Waals surface area contributed by atoms with Crippen LogP contribution in [0.15, 0.2) is 0 Å². The minimum absolute atomic E-state index is 0.0751.